The molecule has 9 nitrogen and oxygen atoms in total. The summed E-state index contributed by atoms with van der Waals surface area (Å²) in [5.74, 6) is -0.412. The molecule has 3 heterocycles. The van der Waals surface area contributed by atoms with E-state index in [4.69, 9.17) is 14.5 Å². The Morgan fingerprint density at radius 3 is 2.76 bits per heavy atom. The number of aromatic nitrogens is 1. The lowest BCUT2D eigenvalue weighted by molar-refractivity contribution is -0.133. The molecule has 4 rings (SSSR count). The van der Waals surface area contributed by atoms with Gasteiger partial charge in [-0.25, -0.2) is 4.79 Å². The van der Waals surface area contributed by atoms with Gasteiger partial charge < -0.3 is 25.0 Å². The predicted molar refractivity (Wildman–Crippen MR) is 140 cm³/mol. The Bertz CT molecular complexity index is 1150. The third kappa shape index (κ3) is 7.20. The van der Waals surface area contributed by atoms with E-state index < -0.39 is 29.7 Å². The molecule has 2 aromatic rings. The maximum atomic E-state index is 12.9. The van der Waals surface area contributed by atoms with Crippen molar-refractivity contribution >= 4 is 17.7 Å². The SMILES string of the molecule is CC(C)(C)OC(=O)N1CCCO[C@H](C(=O)N[C@H](C#N)Cc2ccc(-c3ccc4c(n3)CCCN4)cc2)C1. The number of hydrogen-bond acceptors (Lipinski definition) is 7. The zero-order valence-corrected chi connectivity index (χ0v) is 21.8. The lowest BCUT2D eigenvalue weighted by Crippen LogP contribution is -2.48. The number of anilines is 1. The van der Waals surface area contributed by atoms with Crippen LogP contribution in [0, 0.1) is 11.3 Å². The zero-order chi connectivity index (χ0) is 26.4. The van der Waals surface area contributed by atoms with Gasteiger partial charge in [0, 0.05) is 31.7 Å². The molecule has 1 aromatic heterocycles. The molecule has 2 aliphatic rings. The number of nitrogens with one attached hydrogen (secondary N) is 2. The Morgan fingerprint density at radius 1 is 1.24 bits per heavy atom. The first-order valence-corrected chi connectivity index (χ1v) is 12.8. The fourth-order valence-corrected chi connectivity index (χ4v) is 4.41. The number of nitrogens with zero attached hydrogens (tertiary/aromatic N) is 3. The molecule has 0 spiro atoms. The van der Waals surface area contributed by atoms with E-state index in [0.29, 0.717) is 26.0 Å². The van der Waals surface area contributed by atoms with Gasteiger partial charge in [-0.1, -0.05) is 24.3 Å². The van der Waals surface area contributed by atoms with E-state index in [-0.39, 0.29) is 6.54 Å². The van der Waals surface area contributed by atoms with Crippen molar-refractivity contribution in [3.8, 4) is 17.3 Å². The minimum Gasteiger partial charge on any atom is -0.444 e. The van der Waals surface area contributed by atoms with Crippen molar-refractivity contribution < 1.29 is 19.1 Å². The Balaban J connectivity index is 1.35. The topological polar surface area (TPSA) is 117 Å². The van der Waals surface area contributed by atoms with Crippen LogP contribution in [0.5, 0.6) is 0 Å². The van der Waals surface area contributed by atoms with E-state index in [1.54, 1.807) is 20.8 Å². The lowest BCUT2D eigenvalue weighted by atomic mass is 10.0. The van der Waals surface area contributed by atoms with Crippen molar-refractivity contribution in [1.82, 2.24) is 15.2 Å². The monoisotopic (exact) mass is 505 g/mol. The van der Waals surface area contributed by atoms with Crippen LogP contribution in [0.4, 0.5) is 10.5 Å². The standard InChI is InChI=1S/C28H35N5O4/c1-28(2,3)37-27(35)33-14-5-15-36-25(18-33)26(34)31-21(17-29)16-19-7-9-20(10-8-19)22-11-12-23-24(32-22)6-4-13-30-23/h7-12,21,25,30H,4-6,13-16,18H2,1-3H3,(H,31,34)/t21-,25-/m0/s1. The first-order chi connectivity index (χ1) is 17.7. The highest BCUT2D eigenvalue weighted by Gasteiger charge is 2.31. The molecule has 2 N–H and O–H groups in total. The first kappa shape index (κ1) is 26.4. The molecule has 1 fully saturated rings. The number of carbonyl (C=O) groups excluding carboxylic acids is 2. The zero-order valence-electron chi connectivity index (χ0n) is 21.8. The summed E-state index contributed by atoms with van der Waals surface area (Å²) in [6, 6.07) is 13.4. The maximum absolute atomic E-state index is 12.9. The second kappa shape index (κ2) is 11.6. The molecule has 1 aromatic carbocycles. The average molecular weight is 506 g/mol. The van der Waals surface area contributed by atoms with Crippen LogP contribution in [0.1, 0.15) is 44.9 Å². The Labute approximate surface area is 218 Å². The highest BCUT2D eigenvalue weighted by molar-refractivity contribution is 5.82. The fraction of sp³-hybridized carbons (Fsp3) is 0.500. The number of amides is 2. The number of rotatable bonds is 5. The summed E-state index contributed by atoms with van der Waals surface area (Å²) in [4.78, 5) is 31.8. The molecule has 2 aliphatic heterocycles. The number of hydrogen-bond donors (Lipinski definition) is 2. The number of fused-ring (bicyclic) bond motifs is 1. The molecule has 0 bridgehead atoms. The minimum absolute atomic E-state index is 0.0802. The van der Waals surface area contributed by atoms with Crippen LogP contribution in [0.15, 0.2) is 36.4 Å². The predicted octanol–water partition coefficient (Wildman–Crippen LogP) is 3.68. The van der Waals surface area contributed by atoms with Crippen LogP contribution >= 0.6 is 0 Å². The average Bonchev–Trinajstić information content (AvgIpc) is 3.14. The molecule has 1 saturated heterocycles. The van der Waals surface area contributed by atoms with E-state index in [1.165, 1.54) is 4.90 Å². The molecule has 2 atom stereocenters. The smallest absolute Gasteiger partial charge is 0.410 e. The number of benzene rings is 1. The molecule has 0 radical (unpaired) electrons. The van der Waals surface area contributed by atoms with E-state index in [9.17, 15) is 14.9 Å². The summed E-state index contributed by atoms with van der Waals surface area (Å²) in [6.07, 6.45) is 1.67. The van der Waals surface area contributed by atoms with Gasteiger partial charge in [0.15, 0.2) is 6.10 Å². The quantitative estimate of drug-likeness (QED) is 0.637. The van der Waals surface area contributed by atoms with Gasteiger partial charge in [0.05, 0.1) is 29.7 Å². The molecule has 0 aliphatic carbocycles. The summed E-state index contributed by atoms with van der Waals surface area (Å²) >= 11 is 0. The molecule has 0 saturated carbocycles. The molecular weight excluding hydrogens is 470 g/mol. The first-order valence-electron chi connectivity index (χ1n) is 12.8. The normalized spacial score (nSPS) is 18.4. The lowest BCUT2D eigenvalue weighted by Gasteiger charge is -2.27. The molecular formula is C28H35N5O4. The third-order valence-corrected chi connectivity index (χ3v) is 6.26. The van der Waals surface area contributed by atoms with Gasteiger partial charge >= 0.3 is 6.09 Å². The van der Waals surface area contributed by atoms with Crippen molar-refractivity contribution in [2.45, 2.75) is 64.2 Å². The summed E-state index contributed by atoms with van der Waals surface area (Å²) in [5.41, 5.74) is 4.41. The van der Waals surface area contributed by atoms with Crippen molar-refractivity contribution in [1.29, 1.82) is 5.26 Å². The molecule has 0 unspecified atom stereocenters. The summed E-state index contributed by atoms with van der Waals surface area (Å²) in [7, 11) is 0. The van der Waals surface area contributed by atoms with Crippen molar-refractivity contribution in [2.75, 3.05) is 31.6 Å². The number of aryl methyl sites for hydroxylation is 1. The number of nitriles is 1. The van der Waals surface area contributed by atoms with Gasteiger partial charge in [-0.2, -0.15) is 5.26 Å². The van der Waals surface area contributed by atoms with E-state index in [2.05, 4.69) is 22.8 Å². The van der Waals surface area contributed by atoms with Crippen molar-refractivity contribution in [2.24, 2.45) is 0 Å². The number of pyridine rings is 1. The van der Waals surface area contributed by atoms with Crippen LogP contribution in [-0.4, -0.2) is 65.9 Å². The number of ether oxygens (including phenoxy) is 2. The van der Waals surface area contributed by atoms with Gasteiger partial charge in [-0.15, -0.1) is 0 Å². The molecule has 2 amide bonds. The molecule has 37 heavy (non-hydrogen) atoms. The van der Waals surface area contributed by atoms with Gasteiger partial charge in [-0.05, 0) is 57.7 Å². The van der Waals surface area contributed by atoms with E-state index in [0.717, 1.165) is 47.6 Å². The van der Waals surface area contributed by atoms with Crippen molar-refractivity contribution in [3.05, 3.63) is 47.7 Å². The van der Waals surface area contributed by atoms with Gasteiger partial charge in [0.1, 0.15) is 11.6 Å². The van der Waals surface area contributed by atoms with E-state index >= 15 is 0 Å². The van der Waals surface area contributed by atoms with Crippen LogP contribution < -0.4 is 10.6 Å². The molecule has 9 heteroatoms. The fourth-order valence-electron chi connectivity index (χ4n) is 4.41. The van der Waals surface area contributed by atoms with Crippen LogP contribution in [-0.2, 0) is 27.1 Å². The van der Waals surface area contributed by atoms with Gasteiger partial charge in [0.25, 0.3) is 5.91 Å². The van der Waals surface area contributed by atoms with Crippen LogP contribution in [0.3, 0.4) is 0 Å². The highest BCUT2D eigenvalue weighted by atomic mass is 16.6. The summed E-state index contributed by atoms with van der Waals surface area (Å²) in [5, 5.41) is 15.9. The van der Waals surface area contributed by atoms with Crippen molar-refractivity contribution in [3.63, 3.8) is 0 Å². The molecule has 196 valence electrons. The van der Waals surface area contributed by atoms with Crippen LogP contribution in [0.2, 0.25) is 0 Å². The second-order valence-electron chi connectivity index (χ2n) is 10.5. The summed E-state index contributed by atoms with van der Waals surface area (Å²) < 4.78 is 11.1. The maximum Gasteiger partial charge on any atom is 0.410 e. The summed E-state index contributed by atoms with van der Waals surface area (Å²) in [6.45, 7) is 7.26. The van der Waals surface area contributed by atoms with Crippen LogP contribution in [0.25, 0.3) is 11.3 Å². The Kier molecular flexibility index (Phi) is 8.29. The minimum atomic E-state index is -0.863. The third-order valence-electron chi connectivity index (χ3n) is 6.26. The van der Waals surface area contributed by atoms with E-state index in [1.807, 2.05) is 30.3 Å². The Hall–Kier alpha value is -3.64. The Morgan fingerprint density at radius 2 is 2.03 bits per heavy atom. The van der Waals surface area contributed by atoms with Gasteiger partial charge in [0.2, 0.25) is 0 Å². The largest absolute Gasteiger partial charge is 0.444 e. The highest BCUT2D eigenvalue weighted by Crippen LogP contribution is 2.25. The van der Waals surface area contributed by atoms with Gasteiger partial charge in [-0.3, -0.25) is 9.78 Å². The second-order valence-corrected chi connectivity index (χ2v) is 10.5. The number of carbonyl (C=O) groups is 2.